The van der Waals surface area contributed by atoms with Crippen molar-refractivity contribution in [2.24, 2.45) is 5.92 Å². The Hall–Kier alpha value is -1.56. The summed E-state index contributed by atoms with van der Waals surface area (Å²) >= 11 is 6.32. The zero-order valence-electron chi connectivity index (χ0n) is 15.5. The van der Waals surface area contributed by atoms with Crippen LogP contribution in [0.1, 0.15) is 36.6 Å². The molecule has 0 N–H and O–H groups in total. The van der Waals surface area contributed by atoms with Gasteiger partial charge in [0.25, 0.3) is 10.0 Å². The minimum atomic E-state index is -3.72. The largest absolute Gasteiger partial charge is 0.368 e. The smallest absolute Gasteiger partial charge is 0.264 e. The Morgan fingerprint density at radius 3 is 2.42 bits per heavy atom. The molecular formula is C20H24ClNO3S. The lowest BCUT2D eigenvalue weighted by Gasteiger charge is -2.28. The van der Waals surface area contributed by atoms with Crippen LogP contribution in [0.3, 0.4) is 0 Å². The van der Waals surface area contributed by atoms with Gasteiger partial charge in [0.2, 0.25) is 0 Å². The van der Waals surface area contributed by atoms with Gasteiger partial charge in [-0.15, -0.1) is 0 Å². The second-order valence-corrected chi connectivity index (χ2v) is 9.49. The Morgan fingerprint density at radius 2 is 1.88 bits per heavy atom. The maximum atomic E-state index is 13.4. The van der Waals surface area contributed by atoms with Crippen molar-refractivity contribution in [2.45, 2.75) is 38.7 Å². The fraction of sp³-hybridized carbons (Fsp3) is 0.400. The van der Waals surface area contributed by atoms with E-state index in [0.29, 0.717) is 23.9 Å². The molecule has 0 amide bonds. The first-order valence-electron chi connectivity index (χ1n) is 8.71. The van der Waals surface area contributed by atoms with E-state index in [4.69, 9.17) is 16.3 Å². The molecule has 0 bridgehead atoms. The third-order valence-electron chi connectivity index (χ3n) is 4.39. The average molecular weight is 394 g/mol. The van der Waals surface area contributed by atoms with Gasteiger partial charge in [0.1, 0.15) is 6.10 Å². The molecule has 1 saturated heterocycles. The maximum Gasteiger partial charge on any atom is 0.264 e. The lowest BCUT2D eigenvalue weighted by molar-refractivity contribution is 0.415. The molecule has 1 heterocycles. The zero-order valence-corrected chi connectivity index (χ0v) is 17.1. The van der Waals surface area contributed by atoms with Crippen molar-refractivity contribution in [3.8, 4) is 0 Å². The summed E-state index contributed by atoms with van der Waals surface area (Å²) < 4.78 is 33.5. The highest BCUT2D eigenvalue weighted by Crippen LogP contribution is 2.37. The second kappa shape index (κ2) is 7.22. The first-order valence-corrected chi connectivity index (χ1v) is 10.5. The molecule has 1 fully saturated rings. The number of hydrogen-bond acceptors (Lipinski definition) is 3. The predicted molar refractivity (Wildman–Crippen MR) is 105 cm³/mol. The molecule has 1 aliphatic heterocycles. The number of ether oxygens (including phenoxy) is 1. The van der Waals surface area contributed by atoms with Crippen molar-refractivity contribution in [3.05, 3.63) is 58.1 Å². The molecule has 1 atom stereocenters. The highest BCUT2D eigenvalue weighted by molar-refractivity contribution is 7.92. The zero-order chi connectivity index (χ0) is 19.1. The molecule has 2 aromatic carbocycles. The van der Waals surface area contributed by atoms with E-state index < -0.39 is 10.0 Å². The Balaban J connectivity index is 2.05. The highest BCUT2D eigenvalue weighted by Gasteiger charge is 2.31. The number of rotatable bonds is 6. The molecule has 6 heteroatoms. The fourth-order valence-electron chi connectivity index (χ4n) is 3.03. The van der Waals surface area contributed by atoms with Gasteiger partial charge in [-0.1, -0.05) is 49.2 Å². The summed E-state index contributed by atoms with van der Waals surface area (Å²) in [6.07, 6.45) is -0.00892. The summed E-state index contributed by atoms with van der Waals surface area (Å²) in [6.45, 7) is 8.98. The number of halogens is 1. The summed E-state index contributed by atoms with van der Waals surface area (Å²) in [4.78, 5) is 0.201. The first-order chi connectivity index (χ1) is 12.2. The minimum Gasteiger partial charge on any atom is -0.368 e. The lowest BCUT2D eigenvalue weighted by atomic mass is 10.1. The summed E-state index contributed by atoms with van der Waals surface area (Å²) in [6, 6.07) is 10.7. The third kappa shape index (κ3) is 3.90. The van der Waals surface area contributed by atoms with Crippen LogP contribution in [0.25, 0.3) is 0 Å². The van der Waals surface area contributed by atoms with E-state index in [1.165, 1.54) is 10.4 Å². The van der Waals surface area contributed by atoms with Gasteiger partial charge < -0.3 is 4.74 Å². The molecular weight excluding hydrogens is 370 g/mol. The summed E-state index contributed by atoms with van der Waals surface area (Å²) in [7, 11) is -3.72. The van der Waals surface area contributed by atoms with E-state index >= 15 is 0 Å². The molecule has 1 aliphatic rings. The van der Waals surface area contributed by atoms with Crippen LogP contribution in [0.4, 0.5) is 5.69 Å². The predicted octanol–water partition coefficient (Wildman–Crippen LogP) is 4.88. The van der Waals surface area contributed by atoms with Crippen molar-refractivity contribution in [1.29, 1.82) is 0 Å². The molecule has 140 valence electrons. The molecule has 0 saturated carbocycles. The van der Waals surface area contributed by atoms with Crippen molar-refractivity contribution >= 4 is 27.3 Å². The summed E-state index contributed by atoms with van der Waals surface area (Å²) in [5.41, 5.74) is 3.58. The van der Waals surface area contributed by atoms with E-state index in [0.717, 1.165) is 16.7 Å². The number of nitrogens with zero attached hydrogens (tertiary/aromatic N) is 1. The number of anilines is 1. The van der Waals surface area contributed by atoms with Crippen LogP contribution in [0.2, 0.25) is 5.02 Å². The van der Waals surface area contributed by atoms with Crippen LogP contribution in [0.15, 0.2) is 41.3 Å². The Kier molecular flexibility index (Phi) is 5.33. The number of hydrogen-bond donors (Lipinski definition) is 0. The topological polar surface area (TPSA) is 49.9 Å². The average Bonchev–Trinajstić information content (AvgIpc) is 3.37. The van der Waals surface area contributed by atoms with Gasteiger partial charge in [-0.2, -0.15) is 0 Å². The molecule has 26 heavy (non-hydrogen) atoms. The molecule has 0 spiro atoms. The Labute approximate surface area is 160 Å². The molecule has 0 aliphatic carbocycles. The van der Waals surface area contributed by atoms with Crippen LogP contribution in [0, 0.1) is 19.8 Å². The minimum absolute atomic E-state index is 0.00892. The Morgan fingerprint density at radius 1 is 1.19 bits per heavy atom. The first kappa shape index (κ1) is 19.2. The van der Waals surface area contributed by atoms with E-state index in [1.54, 1.807) is 12.1 Å². The Bertz CT molecular complexity index is 921. The van der Waals surface area contributed by atoms with Gasteiger partial charge in [0.15, 0.2) is 0 Å². The molecule has 0 radical (unpaired) electrons. The third-order valence-corrected chi connectivity index (χ3v) is 6.50. The van der Waals surface area contributed by atoms with Crippen LogP contribution in [-0.4, -0.2) is 21.6 Å². The molecule has 2 aromatic rings. The van der Waals surface area contributed by atoms with Crippen LogP contribution >= 0.6 is 11.6 Å². The van der Waals surface area contributed by atoms with Crippen LogP contribution in [-0.2, 0) is 14.8 Å². The van der Waals surface area contributed by atoms with Crippen molar-refractivity contribution in [2.75, 3.05) is 17.5 Å². The van der Waals surface area contributed by atoms with Gasteiger partial charge in [0, 0.05) is 17.1 Å². The summed E-state index contributed by atoms with van der Waals surface area (Å²) in [5.74, 6) is 0.181. The van der Waals surface area contributed by atoms with Crippen molar-refractivity contribution in [3.63, 3.8) is 0 Å². The molecule has 0 aromatic heterocycles. The van der Waals surface area contributed by atoms with E-state index in [-0.39, 0.29) is 16.9 Å². The van der Waals surface area contributed by atoms with Crippen LogP contribution < -0.4 is 4.31 Å². The van der Waals surface area contributed by atoms with E-state index in [9.17, 15) is 8.42 Å². The summed E-state index contributed by atoms with van der Waals surface area (Å²) in [5, 5.41) is 0.429. The van der Waals surface area contributed by atoms with Gasteiger partial charge in [-0.05, 0) is 43.5 Å². The molecule has 4 nitrogen and oxygen atoms in total. The van der Waals surface area contributed by atoms with Gasteiger partial charge in [0.05, 0.1) is 17.2 Å². The monoisotopic (exact) mass is 393 g/mol. The number of epoxide rings is 1. The molecule has 1 unspecified atom stereocenters. The lowest BCUT2D eigenvalue weighted by Crippen LogP contribution is -2.34. The van der Waals surface area contributed by atoms with Crippen molar-refractivity contribution in [1.82, 2.24) is 0 Å². The van der Waals surface area contributed by atoms with E-state index in [2.05, 4.69) is 0 Å². The van der Waals surface area contributed by atoms with Crippen molar-refractivity contribution < 1.29 is 13.2 Å². The van der Waals surface area contributed by atoms with E-state index in [1.807, 2.05) is 45.9 Å². The number of sulfonamides is 1. The SMILES string of the molecule is Cc1ccc(N(CC(C)C)S(=O)(=O)c2ccc(C3CO3)c(Cl)c2)c(C)c1. The number of aryl methyl sites for hydroxylation is 2. The normalized spacial score (nSPS) is 16.8. The van der Waals surface area contributed by atoms with Gasteiger partial charge in [-0.25, -0.2) is 8.42 Å². The van der Waals surface area contributed by atoms with Gasteiger partial charge >= 0.3 is 0 Å². The van der Waals surface area contributed by atoms with Crippen LogP contribution in [0.5, 0.6) is 0 Å². The second-order valence-electron chi connectivity index (χ2n) is 7.23. The fourth-order valence-corrected chi connectivity index (χ4v) is 5.11. The number of benzene rings is 2. The van der Waals surface area contributed by atoms with Gasteiger partial charge in [-0.3, -0.25) is 4.31 Å². The molecule has 3 rings (SSSR count). The standard InChI is InChI=1S/C20H24ClNO3S/c1-13(2)11-22(19-8-5-14(3)9-15(19)4)26(23,24)16-6-7-17(18(21)10-16)20-12-25-20/h5-10,13,20H,11-12H2,1-4H3. The quantitative estimate of drug-likeness (QED) is 0.657. The highest BCUT2D eigenvalue weighted by atomic mass is 35.5. The maximum absolute atomic E-state index is 13.4.